The number of nitrogens with two attached hydrogens (primary N) is 1. The fourth-order valence-corrected chi connectivity index (χ4v) is 1.78. The molecule has 2 nitrogen and oxygen atoms in total. The van der Waals surface area contributed by atoms with Gasteiger partial charge in [0.2, 0.25) is 0 Å². The highest BCUT2D eigenvalue weighted by atomic mass is 35.5. The topological polar surface area (TPSA) is 43.1 Å². The normalized spacial score (nSPS) is 12.5. The molecule has 1 rings (SSSR count). The average molecular weight is 258 g/mol. The molecular weight excluding hydrogens is 241 g/mol. The lowest BCUT2D eigenvalue weighted by molar-refractivity contribution is -0.119. The Morgan fingerprint density at radius 1 is 1.53 bits per heavy atom. The summed E-state index contributed by atoms with van der Waals surface area (Å²) in [7, 11) is 0. The maximum Gasteiger partial charge on any atom is 0.153 e. The molecule has 0 fully saturated rings. The van der Waals surface area contributed by atoms with Crippen LogP contribution in [0.2, 0.25) is 5.02 Å². The number of unbranched alkanes of at least 4 members (excludes halogenated alkanes) is 1. The number of halogens is 2. The van der Waals surface area contributed by atoms with Crippen LogP contribution in [-0.4, -0.2) is 11.8 Å². The van der Waals surface area contributed by atoms with Gasteiger partial charge in [-0.3, -0.25) is 4.79 Å². The number of ketones is 1. The molecule has 1 unspecified atom stereocenters. The summed E-state index contributed by atoms with van der Waals surface area (Å²) >= 11 is 5.75. The van der Waals surface area contributed by atoms with Gasteiger partial charge in [0.1, 0.15) is 5.82 Å². The zero-order chi connectivity index (χ0) is 12.8. The monoisotopic (exact) mass is 257 g/mol. The first-order chi connectivity index (χ1) is 8.04. The van der Waals surface area contributed by atoms with E-state index in [4.69, 9.17) is 17.3 Å². The Hall–Kier alpha value is -0.930. The van der Waals surface area contributed by atoms with Gasteiger partial charge in [-0.15, -0.1) is 0 Å². The predicted molar refractivity (Wildman–Crippen MR) is 67.6 cm³/mol. The lowest BCUT2D eigenvalue weighted by Gasteiger charge is -2.10. The maximum atomic E-state index is 13.4. The van der Waals surface area contributed by atoms with Crippen molar-refractivity contribution in [3.05, 3.63) is 34.6 Å². The summed E-state index contributed by atoms with van der Waals surface area (Å²) in [6, 6.07) is 3.69. The van der Waals surface area contributed by atoms with Gasteiger partial charge in [0.15, 0.2) is 5.78 Å². The Morgan fingerprint density at radius 2 is 2.24 bits per heavy atom. The Morgan fingerprint density at radius 3 is 2.88 bits per heavy atom. The van der Waals surface area contributed by atoms with Crippen molar-refractivity contribution in [2.45, 2.75) is 38.6 Å². The molecule has 1 atom stereocenters. The SMILES string of the molecule is CCCCC(N)C(=O)Cc1cc(Cl)ccc1F. The molecule has 0 amide bonds. The van der Waals surface area contributed by atoms with Crippen LogP contribution in [0.3, 0.4) is 0 Å². The molecule has 0 radical (unpaired) electrons. The second-order valence-corrected chi connectivity index (χ2v) is 4.56. The Balaban J connectivity index is 2.64. The van der Waals surface area contributed by atoms with E-state index in [1.165, 1.54) is 18.2 Å². The minimum atomic E-state index is -0.506. The standard InChI is InChI=1S/C13H17ClFNO/c1-2-3-4-12(16)13(17)8-9-7-10(14)5-6-11(9)15/h5-7,12H,2-4,8,16H2,1H3. The van der Waals surface area contributed by atoms with Crippen LogP contribution in [0.5, 0.6) is 0 Å². The first-order valence-corrected chi connectivity index (χ1v) is 6.14. The van der Waals surface area contributed by atoms with Gasteiger partial charge in [0, 0.05) is 11.4 Å². The van der Waals surface area contributed by atoms with Crippen molar-refractivity contribution in [3.63, 3.8) is 0 Å². The van der Waals surface area contributed by atoms with Gasteiger partial charge in [-0.25, -0.2) is 4.39 Å². The summed E-state index contributed by atoms with van der Waals surface area (Å²) in [6.07, 6.45) is 2.56. The van der Waals surface area contributed by atoms with Crippen LogP contribution in [0.4, 0.5) is 4.39 Å². The van der Waals surface area contributed by atoms with E-state index in [1.807, 2.05) is 6.92 Å². The minimum absolute atomic E-state index is 0.0112. The number of benzene rings is 1. The fourth-order valence-electron chi connectivity index (χ4n) is 1.58. The lowest BCUT2D eigenvalue weighted by Crippen LogP contribution is -2.31. The molecule has 0 spiro atoms. The highest BCUT2D eigenvalue weighted by Gasteiger charge is 2.15. The summed E-state index contributed by atoms with van der Waals surface area (Å²) in [6.45, 7) is 2.04. The molecule has 0 aromatic heterocycles. The highest BCUT2D eigenvalue weighted by Crippen LogP contribution is 2.16. The van der Waals surface area contributed by atoms with E-state index in [-0.39, 0.29) is 12.2 Å². The first-order valence-electron chi connectivity index (χ1n) is 5.76. The van der Waals surface area contributed by atoms with Crippen molar-refractivity contribution < 1.29 is 9.18 Å². The van der Waals surface area contributed by atoms with Crippen molar-refractivity contribution in [2.75, 3.05) is 0 Å². The smallest absolute Gasteiger partial charge is 0.153 e. The van der Waals surface area contributed by atoms with Crippen LogP contribution in [0, 0.1) is 5.82 Å². The molecule has 0 heterocycles. The molecule has 0 aliphatic heterocycles. The fraction of sp³-hybridized carbons (Fsp3) is 0.462. The van der Waals surface area contributed by atoms with Gasteiger partial charge in [-0.1, -0.05) is 31.4 Å². The van der Waals surface area contributed by atoms with Crippen molar-refractivity contribution in [1.82, 2.24) is 0 Å². The summed E-state index contributed by atoms with van der Waals surface area (Å²) in [5.41, 5.74) is 6.05. The molecule has 0 saturated carbocycles. The van der Waals surface area contributed by atoms with Crippen molar-refractivity contribution in [3.8, 4) is 0 Å². The number of carbonyl (C=O) groups excluding carboxylic acids is 1. The summed E-state index contributed by atoms with van der Waals surface area (Å²) in [5, 5.41) is 0.427. The van der Waals surface area contributed by atoms with E-state index in [1.54, 1.807) is 0 Å². The van der Waals surface area contributed by atoms with Crippen LogP contribution < -0.4 is 5.73 Å². The third-order valence-electron chi connectivity index (χ3n) is 2.65. The molecule has 4 heteroatoms. The molecule has 0 saturated heterocycles. The number of hydrogen-bond donors (Lipinski definition) is 1. The second-order valence-electron chi connectivity index (χ2n) is 4.13. The number of Topliss-reactive ketones (excluding diaryl/α,β-unsaturated/α-hetero) is 1. The van der Waals surface area contributed by atoms with Crippen LogP contribution in [0.15, 0.2) is 18.2 Å². The number of rotatable bonds is 6. The summed E-state index contributed by atoms with van der Waals surface area (Å²) in [5.74, 6) is -0.551. The Kier molecular flexibility index (Phi) is 5.59. The van der Waals surface area contributed by atoms with Crippen LogP contribution in [0.25, 0.3) is 0 Å². The van der Waals surface area contributed by atoms with Crippen LogP contribution >= 0.6 is 11.6 Å². The Labute approximate surface area is 106 Å². The molecule has 1 aromatic rings. The zero-order valence-corrected chi connectivity index (χ0v) is 10.6. The molecular formula is C13H17ClFNO. The van der Waals surface area contributed by atoms with Gasteiger partial charge < -0.3 is 5.73 Å². The van der Waals surface area contributed by atoms with E-state index in [0.29, 0.717) is 17.0 Å². The largest absolute Gasteiger partial charge is 0.321 e. The predicted octanol–water partition coefficient (Wildman–Crippen LogP) is 3.11. The summed E-state index contributed by atoms with van der Waals surface area (Å²) in [4.78, 5) is 11.7. The molecule has 0 aliphatic rings. The van der Waals surface area contributed by atoms with Crippen LogP contribution in [0.1, 0.15) is 31.7 Å². The van der Waals surface area contributed by atoms with E-state index < -0.39 is 11.9 Å². The van der Waals surface area contributed by atoms with Gasteiger partial charge in [-0.2, -0.15) is 0 Å². The van der Waals surface area contributed by atoms with E-state index in [9.17, 15) is 9.18 Å². The van der Waals surface area contributed by atoms with E-state index in [0.717, 1.165) is 12.8 Å². The third-order valence-corrected chi connectivity index (χ3v) is 2.89. The van der Waals surface area contributed by atoms with E-state index in [2.05, 4.69) is 0 Å². The molecule has 1 aromatic carbocycles. The van der Waals surface area contributed by atoms with Gasteiger partial charge in [0.25, 0.3) is 0 Å². The van der Waals surface area contributed by atoms with Crippen molar-refractivity contribution >= 4 is 17.4 Å². The van der Waals surface area contributed by atoms with Crippen molar-refractivity contribution in [2.24, 2.45) is 5.73 Å². The number of hydrogen-bond acceptors (Lipinski definition) is 2. The van der Waals surface area contributed by atoms with Crippen molar-refractivity contribution in [1.29, 1.82) is 0 Å². The quantitative estimate of drug-likeness (QED) is 0.851. The molecule has 94 valence electrons. The van der Waals surface area contributed by atoms with Gasteiger partial charge in [-0.05, 0) is 30.2 Å². The van der Waals surface area contributed by atoms with Crippen LogP contribution in [-0.2, 0) is 11.2 Å². The second kappa shape index (κ2) is 6.72. The highest BCUT2D eigenvalue weighted by molar-refractivity contribution is 6.30. The van der Waals surface area contributed by atoms with Gasteiger partial charge >= 0.3 is 0 Å². The first kappa shape index (κ1) is 14.1. The maximum absolute atomic E-state index is 13.4. The zero-order valence-electron chi connectivity index (χ0n) is 9.88. The third kappa shape index (κ3) is 4.44. The van der Waals surface area contributed by atoms with E-state index >= 15 is 0 Å². The molecule has 0 aliphatic carbocycles. The Bertz CT molecular complexity index is 395. The summed E-state index contributed by atoms with van der Waals surface area (Å²) < 4.78 is 13.4. The minimum Gasteiger partial charge on any atom is -0.321 e. The lowest BCUT2D eigenvalue weighted by atomic mass is 10.00. The average Bonchev–Trinajstić information content (AvgIpc) is 2.30. The molecule has 2 N–H and O–H groups in total. The molecule has 0 bridgehead atoms. The molecule has 17 heavy (non-hydrogen) atoms. The number of carbonyl (C=O) groups is 1. The van der Waals surface area contributed by atoms with Gasteiger partial charge in [0.05, 0.1) is 6.04 Å².